The van der Waals surface area contributed by atoms with Crippen molar-refractivity contribution in [2.24, 2.45) is 0 Å². The highest BCUT2D eigenvalue weighted by Gasteiger charge is 2.27. The van der Waals surface area contributed by atoms with Crippen LogP contribution in [0.1, 0.15) is 26.5 Å². The molecule has 1 aromatic heterocycles. The van der Waals surface area contributed by atoms with Crippen LogP contribution in [0.5, 0.6) is 0 Å². The first kappa shape index (κ1) is 12.7. The maximum absolute atomic E-state index is 12.3. The summed E-state index contributed by atoms with van der Waals surface area (Å²) in [6, 6.07) is 8.55. The Morgan fingerprint density at radius 1 is 1.00 bits per heavy atom. The Morgan fingerprint density at radius 3 is 2.33 bits per heavy atom. The van der Waals surface area contributed by atoms with Crippen LogP contribution in [-0.4, -0.2) is 21.5 Å². The molecule has 2 aromatic rings. The number of ketones is 2. The highest BCUT2D eigenvalue weighted by Crippen LogP contribution is 2.20. The minimum atomic E-state index is -0.387. The van der Waals surface area contributed by atoms with Crippen molar-refractivity contribution in [3.8, 4) is 6.07 Å². The Bertz CT molecular complexity index is 816. The first-order valence-corrected chi connectivity index (χ1v) is 6.08. The Balaban J connectivity index is 1.92. The molecule has 0 radical (unpaired) electrons. The molecule has 21 heavy (non-hydrogen) atoms. The second-order valence-corrected chi connectivity index (χ2v) is 4.32. The molecule has 0 unspecified atom stereocenters. The molecule has 0 fully saturated rings. The van der Waals surface area contributed by atoms with E-state index in [1.807, 2.05) is 6.07 Å². The van der Waals surface area contributed by atoms with Crippen molar-refractivity contribution in [1.29, 1.82) is 5.26 Å². The van der Waals surface area contributed by atoms with Gasteiger partial charge in [-0.15, -0.1) is 0 Å². The van der Waals surface area contributed by atoms with Crippen LogP contribution in [0.25, 0.3) is 0 Å². The Labute approximate surface area is 119 Å². The fourth-order valence-corrected chi connectivity index (χ4v) is 1.95. The summed E-state index contributed by atoms with van der Waals surface area (Å²) in [5, 5.41) is 11.6. The number of hydrogen-bond acceptors (Lipinski definition) is 6. The Hall–Kier alpha value is -3.33. The molecule has 0 saturated heterocycles. The van der Waals surface area contributed by atoms with Gasteiger partial charge in [-0.3, -0.25) is 9.59 Å². The molecule has 1 aliphatic rings. The molecule has 0 bridgehead atoms. The Kier molecular flexibility index (Phi) is 3.01. The van der Waals surface area contributed by atoms with E-state index in [0.29, 0.717) is 11.3 Å². The largest absolute Gasteiger partial charge is 0.352 e. The summed E-state index contributed by atoms with van der Waals surface area (Å²) in [5.74, 6) is -0.754. The van der Waals surface area contributed by atoms with Crippen molar-refractivity contribution in [2.75, 3.05) is 5.32 Å². The predicted molar refractivity (Wildman–Crippen MR) is 73.6 cm³/mol. The highest BCUT2D eigenvalue weighted by molar-refractivity contribution is 6.23. The number of nitrogens with one attached hydrogen (secondary N) is 1. The number of anilines is 1. The van der Waals surface area contributed by atoms with Crippen LogP contribution in [0, 0.1) is 11.3 Å². The molecule has 0 amide bonds. The van der Waals surface area contributed by atoms with Gasteiger partial charge in [0.25, 0.3) is 0 Å². The zero-order chi connectivity index (χ0) is 14.8. The number of Topliss-reactive ketones (excluding diaryl/α,β-unsaturated/α-hetero) is 1. The van der Waals surface area contributed by atoms with Crippen molar-refractivity contribution < 1.29 is 9.59 Å². The zero-order valence-electron chi connectivity index (χ0n) is 10.7. The number of aromatic nitrogens is 2. The van der Waals surface area contributed by atoms with Gasteiger partial charge in [0.2, 0.25) is 11.6 Å². The summed E-state index contributed by atoms with van der Waals surface area (Å²) in [5.41, 5.74) is 1.36. The van der Waals surface area contributed by atoms with Gasteiger partial charge in [0, 0.05) is 24.2 Å². The number of nitrogens with zero attached hydrogens (tertiary/aromatic N) is 3. The lowest BCUT2D eigenvalue weighted by atomic mass is 10.0. The number of hydrogen-bond donors (Lipinski definition) is 1. The first-order valence-electron chi connectivity index (χ1n) is 6.08. The number of nitriles is 1. The van der Waals surface area contributed by atoms with Crippen LogP contribution in [-0.2, 0) is 0 Å². The van der Waals surface area contributed by atoms with E-state index in [-0.39, 0.29) is 28.7 Å². The van der Waals surface area contributed by atoms with Crippen molar-refractivity contribution in [2.45, 2.75) is 0 Å². The summed E-state index contributed by atoms with van der Waals surface area (Å²) < 4.78 is 0. The summed E-state index contributed by atoms with van der Waals surface area (Å²) in [6.45, 7) is 0. The van der Waals surface area contributed by atoms with Gasteiger partial charge in [-0.25, -0.2) is 9.97 Å². The van der Waals surface area contributed by atoms with Gasteiger partial charge in [0.05, 0.1) is 17.3 Å². The lowest BCUT2D eigenvalue weighted by Crippen LogP contribution is -2.23. The molecule has 1 heterocycles. The lowest BCUT2D eigenvalue weighted by Gasteiger charge is -2.14. The van der Waals surface area contributed by atoms with E-state index in [2.05, 4.69) is 15.3 Å². The van der Waals surface area contributed by atoms with Crippen molar-refractivity contribution in [1.82, 2.24) is 9.97 Å². The molecule has 0 saturated carbocycles. The second kappa shape index (κ2) is 4.98. The summed E-state index contributed by atoms with van der Waals surface area (Å²) in [7, 11) is 0. The summed E-state index contributed by atoms with van der Waals surface area (Å²) in [6.07, 6.45) is 3.95. The minimum absolute atomic E-state index is 0.0427. The fraction of sp³-hybridized carbons (Fsp3) is 0. The van der Waals surface area contributed by atoms with Crippen molar-refractivity contribution >= 4 is 17.3 Å². The standard InChI is InChI=1S/C15H8N4O2/c16-8-9-1-3-10(4-2-9)19-11-7-12(20)13-14(15(11)21)18-6-5-17-13/h1-7,19H. The van der Waals surface area contributed by atoms with Gasteiger partial charge in [-0.05, 0) is 24.3 Å². The third kappa shape index (κ3) is 2.28. The molecule has 0 aliphatic heterocycles. The van der Waals surface area contributed by atoms with Gasteiger partial charge in [0.15, 0.2) is 0 Å². The molecule has 0 spiro atoms. The molecule has 1 aliphatic carbocycles. The van der Waals surface area contributed by atoms with Crippen molar-refractivity contribution in [3.63, 3.8) is 0 Å². The van der Waals surface area contributed by atoms with Gasteiger partial charge in [0.1, 0.15) is 11.4 Å². The van der Waals surface area contributed by atoms with Crippen LogP contribution < -0.4 is 5.32 Å². The Morgan fingerprint density at radius 2 is 1.67 bits per heavy atom. The quantitative estimate of drug-likeness (QED) is 0.897. The lowest BCUT2D eigenvalue weighted by molar-refractivity contribution is 0.0978. The third-order valence-electron chi connectivity index (χ3n) is 2.96. The predicted octanol–water partition coefficient (Wildman–Crippen LogP) is 1.72. The normalized spacial score (nSPS) is 13.2. The van der Waals surface area contributed by atoms with Crippen LogP contribution in [0.2, 0.25) is 0 Å². The van der Waals surface area contributed by atoms with Gasteiger partial charge in [-0.2, -0.15) is 5.26 Å². The number of carbonyl (C=O) groups excluding carboxylic acids is 2. The molecule has 6 heteroatoms. The maximum atomic E-state index is 12.3. The van der Waals surface area contributed by atoms with E-state index in [4.69, 9.17) is 5.26 Å². The van der Waals surface area contributed by atoms with Crippen molar-refractivity contribution in [3.05, 3.63) is 65.4 Å². The van der Waals surface area contributed by atoms with Crippen LogP contribution in [0.4, 0.5) is 5.69 Å². The zero-order valence-corrected chi connectivity index (χ0v) is 10.7. The van der Waals surface area contributed by atoms with E-state index in [1.54, 1.807) is 24.3 Å². The van der Waals surface area contributed by atoms with E-state index < -0.39 is 0 Å². The number of carbonyl (C=O) groups is 2. The smallest absolute Gasteiger partial charge is 0.229 e. The second-order valence-electron chi connectivity index (χ2n) is 4.32. The van der Waals surface area contributed by atoms with Gasteiger partial charge < -0.3 is 5.32 Å². The van der Waals surface area contributed by atoms with Crippen LogP contribution in [0.3, 0.4) is 0 Å². The third-order valence-corrected chi connectivity index (χ3v) is 2.96. The summed E-state index contributed by atoms with van der Waals surface area (Å²) >= 11 is 0. The van der Waals surface area contributed by atoms with Gasteiger partial charge in [-0.1, -0.05) is 0 Å². The van der Waals surface area contributed by atoms with E-state index in [0.717, 1.165) is 0 Å². The monoisotopic (exact) mass is 276 g/mol. The number of fused-ring (bicyclic) bond motifs is 1. The average molecular weight is 276 g/mol. The molecular weight excluding hydrogens is 268 g/mol. The molecule has 0 atom stereocenters. The van der Waals surface area contributed by atoms with Crippen LogP contribution in [0.15, 0.2) is 48.4 Å². The minimum Gasteiger partial charge on any atom is -0.352 e. The molecule has 6 nitrogen and oxygen atoms in total. The average Bonchev–Trinajstić information content (AvgIpc) is 2.53. The van der Waals surface area contributed by atoms with E-state index in [9.17, 15) is 9.59 Å². The molecule has 1 aromatic carbocycles. The fourth-order valence-electron chi connectivity index (χ4n) is 1.95. The van der Waals surface area contributed by atoms with E-state index in [1.165, 1.54) is 18.5 Å². The first-order chi connectivity index (χ1) is 10.2. The molecule has 100 valence electrons. The maximum Gasteiger partial charge on any atom is 0.229 e. The molecular formula is C15H8N4O2. The topological polar surface area (TPSA) is 95.7 Å². The SMILES string of the molecule is N#Cc1ccc(NC2=CC(=O)c3nccnc3C2=O)cc1. The number of benzene rings is 1. The summed E-state index contributed by atoms with van der Waals surface area (Å²) in [4.78, 5) is 32.0. The van der Waals surface area contributed by atoms with E-state index >= 15 is 0 Å². The molecule has 3 rings (SSSR count). The molecule has 1 N–H and O–H groups in total. The highest BCUT2D eigenvalue weighted by atomic mass is 16.1. The number of allylic oxidation sites excluding steroid dienone is 2. The number of rotatable bonds is 2. The van der Waals surface area contributed by atoms with Crippen LogP contribution >= 0.6 is 0 Å². The van der Waals surface area contributed by atoms with Gasteiger partial charge >= 0.3 is 0 Å².